The number of hydrogen-bond acceptors (Lipinski definition) is 4. The molecule has 0 unspecified atom stereocenters. The van der Waals surface area contributed by atoms with Gasteiger partial charge in [0.1, 0.15) is 5.82 Å². The normalized spacial score (nSPS) is 20.3. The number of hydrogen-bond donors (Lipinski definition) is 1. The molecule has 1 aromatic carbocycles. The highest BCUT2D eigenvalue weighted by atomic mass is 19.3. The van der Waals surface area contributed by atoms with Crippen molar-refractivity contribution in [2.24, 2.45) is 5.92 Å². The zero-order chi connectivity index (χ0) is 22.0. The van der Waals surface area contributed by atoms with Crippen molar-refractivity contribution in [1.82, 2.24) is 9.88 Å². The van der Waals surface area contributed by atoms with Crippen molar-refractivity contribution in [2.75, 3.05) is 50.1 Å². The van der Waals surface area contributed by atoms with E-state index in [2.05, 4.69) is 10.3 Å². The number of likely N-dealkylation sites (tertiary alicyclic amines) is 1. The van der Waals surface area contributed by atoms with Crippen LogP contribution in [0, 0.1) is 11.7 Å². The number of amides is 2. The number of carbonyl (C=O) groups excluding carboxylic acids is 1. The Labute approximate surface area is 179 Å². The first kappa shape index (κ1) is 21.4. The molecule has 1 N–H and O–H groups in total. The highest BCUT2D eigenvalue weighted by molar-refractivity contribution is 5.99. The Morgan fingerprint density at radius 2 is 2.06 bits per heavy atom. The highest BCUT2D eigenvalue weighted by Crippen LogP contribution is 2.39. The van der Waals surface area contributed by atoms with Crippen LogP contribution in [0.3, 0.4) is 0 Å². The van der Waals surface area contributed by atoms with Crippen LogP contribution in [0.1, 0.15) is 12.8 Å². The summed E-state index contributed by atoms with van der Waals surface area (Å²) in [5, 5.41) is 2.84. The summed E-state index contributed by atoms with van der Waals surface area (Å²) in [6.45, 7) is 1.26. The summed E-state index contributed by atoms with van der Waals surface area (Å²) in [5.74, 6) is -2.84. The fourth-order valence-electron chi connectivity index (χ4n) is 4.21. The maximum Gasteiger partial charge on any atom is 0.321 e. The summed E-state index contributed by atoms with van der Waals surface area (Å²) in [6.07, 6.45) is 1.98. The summed E-state index contributed by atoms with van der Waals surface area (Å²) in [6, 6.07) is 7.39. The fourth-order valence-corrected chi connectivity index (χ4v) is 4.21. The third-order valence-corrected chi connectivity index (χ3v) is 5.77. The topological polar surface area (TPSA) is 57.7 Å². The van der Waals surface area contributed by atoms with Crippen LogP contribution in [0.15, 0.2) is 36.5 Å². The number of aromatic nitrogens is 1. The summed E-state index contributed by atoms with van der Waals surface area (Å²) < 4.78 is 47.5. The number of carbonyl (C=O) groups is 1. The molecule has 1 aromatic heterocycles. The fraction of sp³-hybridized carbons (Fsp3) is 0.455. The second kappa shape index (κ2) is 8.74. The van der Waals surface area contributed by atoms with E-state index in [9.17, 15) is 18.0 Å². The Hall–Kier alpha value is -2.81. The molecule has 0 aliphatic carbocycles. The van der Waals surface area contributed by atoms with Gasteiger partial charge in [0.25, 0.3) is 5.92 Å². The van der Waals surface area contributed by atoms with Gasteiger partial charge >= 0.3 is 6.03 Å². The number of ether oxygens (including phenoxy) is 1. The molecular formula is C22H25F3N4O2. The third kappa shape index (κ3) is 4.61. The molecule has 3 heterocycles. The second-order valence-corrected chi connectivity index (χ2v) is 8.05. The number of halogens is 3. The first-order valence-electron chi connectivity index (χ1n) is 10.3. The summed E-state index contributed by atoms with van der Waals surface area (Å²) in [4.78, 5) is 20.4. The number of nitrogens with one attached hydrogen (secondary N) is 1. The number of anilines is 2. The van der Waals surface area contributed by atoms with Gasteiger partial charge in [0.15, 0.2) is 5.82 Å². The van der Waals surface area contributed by atoms with E-state index in [0.29, 0.717) is 25.3 Å². The summed E-state index contributed by atoms with van der Waals surface area (Å²) in [5.41, 5.74) is 0.913. The van der Waals surface area contributed by atoms with Gasteiger partial charge in [-0.1, -0.05) is 18.2 Å². The molecule has 0 saturated carbocycles. The van der Waals surface area contributed by atoms with Gasteiger partial charge < -0.3 is 19.9 Å². The van der Waals surface area contributed by atoms with Crippen LogP contribution in [0.2, 0.25) is 0 Å². The second-order valence-electron chi connectivity index (χ2n) is 8.05. The molecule has 31 heavy (non-hydrogen) atoms. The number of methoxy groups -OCH3 is 1. The zero-order valence-electron chi connectivity index (χ0n) is 17.3. The van der Waals surface area contributed by atoms with Gasteiger partial charge in [-0.05, 0) is 18.6 Å². The number of rotatable bonds is 5. The van der Waals surface area contributed by atoms with E-state index < -0.39 is 18.3 Å². The maximum absolute atomic E-state index is 14.6. The van der Waals surface area contributed by atoms with Crippen LogP contribution >= 0.6 is 0 Å². The lowest BCUT2D eigenvalue weighted by Gasteiger charge is -2.25. The average Bonchev–Trinajstić information content (AvgIpc) is 3.35. The Kier molecular flexibility index (Phi) is 6.04. The van der Waals surface area contributed by atoms with Gasteiger partial charge in [0, 0.05) is 56.4 Å². The maximum atomic E-state index is 14.6. The predicted molar refractivity (Wildman–Crippen MR) is 112 cm³/mol. The lowest BCUT2D eigenvalue weighted by Crippen LogP contribution is -2.34. The van der Waals surface area contributed by atoms with E-state index in [1.165, 1.54) is 17.2 Å². The van der Waals surface area contributed by atoms with E-state index in [0.717, 1.165) is 6.42 Å². The molecule has 166 valence electrons. The van der Waals surface area contributed by atoms with Gasteiger partial charge in [-0.25, -0.2) is 22.9 Å². The standard InChI is InChI=1S/C22H25F3N4O2/c1-31-13-15-7-10-28(12-15)21(30)27-19-17(16-4-2-3-5-18(16)23)6-9-26-20(19)29-11-8-22(24,25)14-29/h2-6,9,15H,7-8,10-14H2,1H3,(H,27,30)/t15-/m0/s1. The van der Waals surface area contributed by atoms with Crippen molar-refractivity contribution in [3.8, 4) is 11.1 Å². The predicted octanol–water partition coefficient (Wildman–Crippen LogP) is 4.23. The summed E-state index contributed by atoms with van der Waals surface area (Å²) in [7, 11) is 1.62. The Morgan fingerprint density at radius 1 is 1.26 bits per heavy atom. The van der Waals surface area contributed by atoms with Crippen LogP contribution in [0.25, 0.3) is 11.1 Å². The molecule has 2 aliphatic rings. The molecule has 2 aromatic rings. The molecule has 9 heteroatoms. The number of benzene rings is 1. The lowest BCUT2D eigenvalue weighted by molar-refractivity contribution is 0.0257. The molecule has 0 bridgehead atoms. The number of alkyl halides is 2. The highest BCUT2D eigenvalue weighted by Gasteiger charge is 2.40. The SMILES string of the molecule is COC[C@H]1CCN(C(=O)Nc2c(-c3ccccc3F)ccnc2N2CCC(F)(F)C2)C1. The largest absolute Gasteiger partial charge is 0.384 e. The van der Waals surface area contributed by atoms with E-state index in [-0.39, 0.29) is 42.0 Å². The van der Waals surface area contributed by atoms with Crippen LogP contribution in [0.4, 0.5) is 29.5 Å². The van der Waals surface area contributed by atoms with Crippen molar-refractivity contribution in [3.63, 3.8) is 0 Å². The number of nitrogens with zero attached hydrogens (tertiary/aromatic N) is 3. The van der Waals surface area contributed by atoms with E-state index in [1.807, 2.05) is 0 Å². The molecule has 2 saturated heterocycles. The molecule has 4 rings (SSSR count). The van der Waals surface area contributed by atoms with Crippen LogP contribution in [-0.2, 0) is 4.74 Å². The lowest BCUT2D eigenvalue weighted by atomic mass is 10.0. The molecule has 2 amide bonds. The molecule has 6 nitrogen and oxygen atoms in total. The average molecular weight is 434 g/mol. The van der Waals surface area contributed by atoms with Crippen LogP contribution in [0.5, 0.6) is 0 Å². The molecule has 2 aliphatic heterocycles. The van der Waals surface area contributed by atoms with E-state index in [1.54, 1.807) is 36.3 Å². The minimum atomic E-state index is -2.83. The van der Waals surface area contributed by atoms with Crippen molar-refractivity contribution >= 4 is 17.5 Å². The van der Waals surface area contributed by atoms with Gasteiger partial charge in [-0.15, -0.1) is 0 Å². The molecular weight excluding hydrogens is 409 g/mol. The van der Waals surface area contributed by atoms with Crippen molar-refractivity contribution in [3.05, 3.63) is 42.3 Å². The quantitative estimate of drug-likeness (QED) is 0.765. The first-order chi connectivity index (χ1) is 14.9. The third-order valence-electron chi connectivity index (χ3n) is 5.77. The van der Waals surface area contributed by atoms with Crippen molar-refractivity contribution < 1.29 is 22.7 Å². The molecule has 1 atom stereocenters. The number of pyridine rings is 1. The van der Waals surface area contributed by atoms with Gasteiger partial charge in [-0.3, -0.25) is 0 Å². The molecule has 0 radical (unpaired) electrons. The minimum Gasteiger partial charge on any atom is -0.384 e. The van der Waals surface area contributed by atoms with Crippen molar-refractivity contribution in [2.45, 2.75) is 18.8 Å². The Bertz CT molecular complexity index is 956. The van der Waals surface area contributed by atoms with Crippen LogP contribution < -0.4 is 10.2 Å². The first-order valence-corrected chi connectivity index (χ1v) is 10.3. The van der Waals surface area contributed by atoms with E-state index >= 15 is 0 Å². The molecule has 2 fully saturated rings. The summed E-state index contributed by atoms with van der Waals surface area (Å²) >= 11 is 0. The smallest absolute Gasteiger partial charge is 0.321 e. The van der Waals surface area contributed by atoms with Crippen LogP contribution in [-0.4, -0.2) is 61.7 Å². The van der Waals surface area contributed by atoms with Gasteiger partial charge in [0.2, 0.25) is 0 Å². The monoisotopic (exact) mass is 434 g/mol. The Morgan fingerprint density at radius 3 is 2.77 bits per heavy atom. The molecule has 0 spiro atoms. The Balaban J connectivity index is 1.68. The van der Waals surface area contributed by atoms with E-state index in [4.69, 9.17) is 4.74 Å². The zero-order valence-corrected chi connectivity index (χ0v) is 17.3. The minimum absolute atomic E-state index is 0.100. The van der Waals surface area contributed by atoms with Crippen molar-refractivity contribution in [1.29, 1.82) is 0 Å². The van der Waals surface area contributed by atoms with Gasteiger partial charge in [0.05, 0.1) is 18.8 Å². The van der Waals surface area contributed by atoms with Gasteiger partial charge in [-0.2, -0.15) is 0 Å². The number of urea groups is 1.